The van der Waals surface area contributed by atoms with E-state index in [2.05, 4.69) is 24.3 Å². The van der Waals surface area contributed by atoms with Crippen molar-refractivity contribution in [1.29, 1.82) is 0 Å². The van der Waals surface area contributed by atoms with Gasteiger partial charge in [0.25, 0.3) is 5.91 Å². The van der Waals surface area contributed by atoms with Gasteiger partial charge < -0.3 is 9.80 Å². The Hall–Kier alpha value is -2.14. The maximum absolute atomic E-state index is 12.7. The third-order valence-corrected chi connectivity index (χ3v) is 6.99. The van der Waals surface area contributed by atoms with Crippen molar-refractivity contribution in [3.63, 3.8) is 0 Å². The molecule has 1 saturated heterocycles. The largest absolute Gasteiger partial charge is 0.349 e. The van der Waals surface area contributed by atoms with Gasteiger partial charge in [0.1, 0.15) is 0 Å². The topological polar surface area (TPSA) is 40.6 Å². The van der Waals surface area contributed by atoms with Gasteiger partial charge in [-0.1, -0.05) is 24.3 Å². The lowest BCUT2D eigenvalue weighted by atomic mass is 9.73. The van der Waals surface area contributed by atoms with Crippen LogP contribution in [0.25, 0.3) is 0 Å². The zero-order valence-electron chi connectivity index (χ0n) is 16.0. The SMILES string of the molecule is CN(C)C(=O)C[C@@H]1CC2(CCN(C(=O)c3ccsc3)CC2)c2ccccc21. The Kier molecular flexibility index (Phi) is 4.81. The average Bonchev–Trinajstić information content (AvgIpc) is 3.30. The van der Waals surface area contributed by atoms with Gasteiger partial charge in [-0.2, -0.15) is 11.3 Å². The Labute approximate surface area is 164 Å². The van der Waals surface area contributed by atoms with Crippen LogP contribution in [-0.4, -0.2) is 48.8 Å². The predicted octanol–water partition coefficient (Wildman–Crippen LogP) is 3.89. The van der Waals surface area contributed by atoms with E-state index < -0.39 is 0 Å². The number of carbonyl (C=O) groups excluding carboxylic acids is 2. The number of hydrogen-bond donors (Lipinski definition) is 0. The molecule has 142 valence electrons. The second kappa shape index (κ2) is 7.12. The minimum Gasteiger partial charge on any atom is -0.349 e. The highest BCUT2D eigenvalue weighted by Gasteiger charge is 2.46. The molecule has 1 aromatic heterocycles. The number of carbonyl (C=O) groups is 2. The summed E-state index contributed by atoms with van der Waals surface area (Å²) >= 11 is 1.57. The molecule has 5 heteroatoms. The van der Waals surface area contributed by atoms with Crippen molar-refractivity contribution in [2.75, 3.05) is 27.2 Å². The van der Waals surface area contributed by atoms with Crippen LogP contribution in [0.4, 0.5) is 0 Å². The van der Waals surface area contributed by atoms with Gasteiger partial charge in [-0.25, -0.2) is 0 Å². The number of hydrogen-bond acceptors (Lipinski definition) is 3. The number of thiophene rings is 1. The van der Waals surface area contributed by atoms with Gasteiger partial charge in [0.2, 0.25) is 5.91 Å². The van der Waals surface area contributed by atoms with E-state index in [-0.39, 0.29) is 23.1 Å². The molecule has 1 aliphatic carbocycles. The number of fused-ring (bicyclic) bond motifs is 2. The van der Waals surface area contributed by atoms with E-state index in [9.17, 15) is 9.59 Å². The van der Waals surface area contributed by atoms with Gasteiger partial charge in [-0.05, 0) is 53.2 Å². The molecule has 0 bridgehead atoms. The van der Waals surface area contributed by atoms with Crippen molar-refractivity contribution in [3.8, 4) is 0 Å². The molecule has 1 atom stereocenters. The number of likely N-dealkylation sites (tertiary alicyclic amines) is 1. The van der Waals surface area contributed by atoms with Crippen LogP contribution in [0.15, 0.2) is 41.1 Å². The summed E-state index contributed by atoms with van der Waals surface area (Å²) in [5.74, 6) is 0.629. The van der Waals surface area contributed by atoms with E-state index in [0.29, 0.717) is 6.42 Å². The third kappa shape index (κ3) is 3.29. The van der Waals surface area contributed by atoms with Crippen molar-refractivity contribution in [1.82, 2.24) is 9.80 Å². The summed E-state index contributed by atoms with van der Waals surface area (Å²) in [7, 11) is 3.65. The van der Waals surface area contributed by atoms with Crippen molar-refractivity contribution < 1.29 is 9.59 Å². The lowest BCUT2D eigenvalue weighted by Crippen LogP contribution is -2.44. The van der Waals surface area contributed by atoms with E-state index in [0.717, 1.165) is 37.9 Å². The molecule has 1 fully saturated rings. The number of piperidine rings is 1. The summed E-state index contributed by atoms with van der Waals surface area (Å²) in [5.41, 5.74) is 3.66. The number of rotatable bonds is 3. The molecule has 4 rings (SSSR count). The fraction of sp³-hybridized carbons (Fsp3) is 0.455. The smallest absolute Gasteiger partial charge is 0.254 e. The quantitative estimate of drug-likeness (QED) is 0.808. The second-order valence-corrected chi connectivity index (χ2v) is 8.85. The Bertz CT molecular complexity index is 836. The standard InChI is InChI=1S/C22H26N2O2S/c1-23(2)20(25)13-17-14-22(19-6-4-3-5-18(17)19)8-10-24(11-9-22)21(26)16-7-12-27-15-16/h3-7,12,15,17H,8-11,13-14H2,1-2H3/t17-/m1/s1. The fourth-order valence-corrected chi connectivity index (χ4v) is 5.41. The summed E-state index contributed by atoms with van der Waals surface area (Å²) in [6, 6.07) is 10.5. The lowest BCUT2D eigenvalue weighted by molar-refractivity contribution is -0.129. The molecule has 0 N–H and O–H groups in total. The van der Waals surface area contributed by atoms with E-state index in [1.165, 1.54) is 11.1 Å². The molecule has 2 aromatic rings. The van der Waals surface area contributed by atoms with Gasteiger partial charge in [0.15, 0.2) is 0 Å². The summed E-state index contributed by atoms with van der Waals surface area (Å²) < 4.78 is 0. The summed E-state index contributed by atoms with van der Waals surface area (Å²) in [4.78, 5) is 28.7. The Balaban J connectivity index is 1.52. The van der Waals surface area contributed by atoms with Gasteiger partial charge in [0.05, 0.1) is 5.56 Å². The Morgan fingerprint density at radius 3 is 2.59 bits per heavy atom. The molecule has 0 unspecified atom stereocenters. The molecule has 0 saturated carbocycles. The van der Waals surface area contributed by atoms with Crippen molar-refractivity contribution in [3.05, 3.63) is 57.8 Å². The van der Waals surface area contributed by atoms with Gasteiger partial charge in [0, 0.05) is 39.0 Å². The lowest BCUT2D eigenvalue weighted by Gasteiger charge is -2.40. The molecule has 2 heterocycles. The van der Waals surface area contributed by atoms with E-state index in [4.69, 9.17) is 0 Å². The monoisotopic (exact) mass is 382 g/mol. The first kappa shape index (κ1) is 18.2. The van der Waals surface area contributed by atoms with Crippen LogP contribution in [-0.2, 0) is 10.2 Å². The summed E-state index contributed by atoms with van der Waals surface area (Å²) in [5, 5.41) is 3.89. The molecular formula is C22H26N2O2S. The molecule has 4 nitrogen and oxygen atoms in total. The van der Waals surface area contributed by atoms with Crippen LogP contribution < -0.4 is 0 Å². The number of nitrogens with zero attached hydrogens (tertiary/aromatic N) is 2. The average molecular weight is 383 g/mol. The minimum absolute atomic E-state index is 0.110. The predicted molar refractivity (Wildman–Crippen MR) is 108 cm³/mol. The molecule has 27 heavy (non-hydrogen) atoms. The second-order valence-electron chi connectivity index (χ2n) is 8.07. The number of benzene rings is 1. The zero-order valence-corrected chi connectivity index (χ0v) is 16.8. The minimum atomic E-state index is 0.110. The van der Waals surface area contributed by atoms with Crippen LogP contribution in [0.2, 0.25) is 0 Å². The maximum Gasteiger partial charge on any atom is 0.254 e. The first-order valence-corrected chi connectivity index (χ1v) is 10.6. The van der Waals surface area contributed by atoms with Crippen molar-refractivity contribution in [2.45, 2.75) is 37.0 Å². The molecule has 2 amide bonds. The molecule has 0 radical (unpaired) electrons. The first-order chi connectivity index (χ1) is 13.0. The van der Waals surface area contributed by atoms with E-state index in [1.54, 1.807) is 16.2 Å². The van der Waals surface area contributed by atoms with E-state index in [1.807, 2.05) is 35.8 Å². The number of amides is 2. The van der Waals surface area contributed by atoms with Crippen molar-refractivity contribution >= 4 is 23.2 Å². The maximum atomic E-state index is 12.7. The summed E-state index contributed by atoms with van der Waals surface area (Å²) in [6.45, 7) is 1.58. The third-order valence-electron chi connectivity index (χ3n) is 6.30. The molecule has 2 aliphatic rings. The van der Waals surface area contributed by atoms with Crippen LogP contribution in [0.1, 0.15) is 53.1 Å². The van der Waals surface area contributed by atoms with Crippen LogP contribution in [0, 0.1) is 0 Å². The van der Waals surface area contributed by atoms with Gasteiger partial charge in [-0.3, -0.25) is 9.59 Å². The van der Waals surface area contributed by atoms with Crippen LogP contribution in [0.5, 0.6) is 0 Å². The Morgan fingerprint density at radius 1 is 1.19 bits per heavy atom. The van der Waals surface area contributed by atoms with Crippen molar-refractivity contribution in [2.24, 2.45) is 0 Å². The highest BCUT2D eigenvalue weighted by molar-refractivity contribution is 7.08. The molecular weight excluding hydrogens is 356 g/mol. The Morgan fingerprint density at radius 2 is 1.93 bits per heavy atom. The zero-order chi connectivity index (χ0) is 19.0. The van der Waals surface area contributed by atoms with E-state index >= 15 is 0 Å². The normalized spacial score (nSPS) is 20.5. The van der Waals surface area contributed by atoms with Crippen LogP contribution >= 0.6 is 11.3 Å². The molecule has 1 aliphatic heterocycles. The first-order valence-electron chi connectivity index (χ1n) is 9.61. The van der Waals surface area contributed by atoms with Gasteiger partial charge in [-0.15, -0.1) is 0 Å². The summed E-state index contributed by atoms with van der Waals surface area (Å²) in [6.07, 6.45) is 3.55. The van der Waals surface area contributed by atoms with Gasteiger partial charge >= 0.3 is 0 Å². The highest BCUT2D eigenvalue weighted by Crippen LogP contribution is 2.52. The van der Waals surface area contributed by atoms with Crippen LogP contribution in [0.3, 0.4) is 0 Å². The molecule has 1 spiro atoms. The fourth-order valence-electron chi connectivity index (χ4n) is 4.78. The molecule has 1 aromatic carbocycles. The highest BCUT2D eigenvalue weighted by atomic mass is 32.1.